The number of hydrogen-bond donors (Lipinski definition) is 3. The van der Waals surface area contributed by atoms with Gasteiger partial charge in [0, 0.05) is 20.1 Å². The number of carbonyl (C=O) groups is 2. The first kappa shape index (κ1) is 24.2. The molecule has 1 unspecified atom stereocenters. The third-order valence-electron chi connectivity index (χ3n) is 5.99. The zero-order valence-corrected chi connectivity index (χ0v) is 19.8. The van der Waals surface area contributed by atoms with E-state index in [1.807, 2.05) is 42.8 Å². The number of aliphatic imine (C=N–C) groups is 1. The molecule has 1 atom stereocenters. The van der Waals surface area contributed by atoms with Gasteiger partial charge in [0.15, 0.2) is 0 Å². The van der Waals surface area contributed by atoms with E-state index in [1.54, 1.807) is 12.1 Å². The van der Waals surface area contributed by atoms with Gasteiger partial charge in [0.2, 0.25) is 0 Å². The number of hydrogen-bond acceptors (Lipinski definition) is 5. The van der Waals surface area contributed by atoms with Crippen molar-refractivity contribution in [2.75, 3.05) is 19.8 Å². The lowest BCUT2D eigenvalue weighted by molar-refractivity contribution is 0.0912. The van der Waals surface area contributed by atoms with E-state index in [9.17, 15) is 14.0 Å². The number of nitrogens with one attached hydrogen (secondary N) is 2. The van der Waals surface area contributed by atoms with E-state index in [0.29, 0.717) is 60.8 Å². The molecule has 0 saturated heterocycles. The lowest BCUT2D eigenvalue weighted by Gasteiger charge is -2.19. The van der Waals surface area contributed by atoms with Crippen LogP contribution in [0.15, 0.2) is 41.4 Å². The van der Waals surface area contributed by atoms with Crippen LogP contribution < -0.4 is 21.1 Å². The topological polar surface area (TPSA) is 124 Å². The van der Waals surface area contributed by atoms with E-state index >= 15 is 0 Å². The van der Waals surface area contributed by atoms with E-state index in [0.717, 1.165) is 11.1 Å². The average Bonchev–Trinajstić information content (AvgIpc) is 3.41. The number of alkyl halides is 1. The lowest BCUT2D eigenvalue weighted by atomic mass is 10.0. The minimum absolute atomic E-state index is 0.0551. The second-order valence-electron chi connectivity index (χ2n) is 8.28. The molecule has 0 fully saturated rings. The Hall–Kier alpha value is -3.95. The smallest absolute Gasteiger partial charge is 0.252 e. The number of amidine groups is 1. The van der Waals surface area contributed by atoms with E-state index in [4.69, 9.17) is 15.5 Å². The Bertz CT molecular complexity index is 1290. The summed E-state index contributed by atoms with van der Waals surface area (Å²) >= 11 is 0. The molecule has 1 aliphatic heterocycles. The predicted molar refractivity (Wildman–Crippen MR) is 131 cm³/mol. The summed E-state index contributed by atoms with van der Waals surface area (Å²) in [5.74, 6) is 0.616. The van der Waals surface area contributed by atoms with Crippen LogP contribution in [0.5, 0.6) is 5.75 Å². The van der Waals surface area contributed by atoms with E-state index < -0.39 is 12.7 Å². The van der Waals surface area contributed by atoms with Gasteiger partial charge in [-0.25, -0.2) is 9.37 Å². The fourth-order valence-corrected chi connectivity index (χ4v) is 4.32. The Morgan fingerprint density at radius 2 is 2.14 bits per heavy atom. The van der Waals surface area contributed by atoms with Gasteiger partial charge in [-0.05, 0) is 43.5 Å². The molecule has 0 aliphatic carbocycles. The fourth-order valence-electron chi connectivity index (χ4n) is 4.32. The van der Waals surface area contributed by atoms with Crippen molar-refractivity contribution >= 4 is 28.7 Å². The number of benzene rings is 2. The molecule has 184 valence electrons. The Morgan fingerprint density at radius 1 is 1.34 bits per heavy atom. The first-order valence-corrected chi connectivity index (χ1v) is 11.6. The van der Waals surface area contributed by atoms with Gasteiger partial charge in [-0.1, -0.05) is 18.2 Å². The summed E-state index contributed by atoms with van der Waals surface area (Å²) in [6.45, 7) is 2.33. The van der Waals surface area contributed by atoms with Gasteiger partial charge in [-0.15, -0.1) is 0 Å². The summed E-state index contributed by atoms with van der Waals surface area (Å²) in [5.41, 5.74) is 8.55. The summed E-state index contributed by atoms with van der Waals surface area (Å²) in [4.78, 5) is 34.5. The van der Waals surface area contributed by atoms with Crippen molar-refractivity contribution in [2.45, 2.75) is 32.4 Å². The molecule has 3 aromatic rings. The van der Waals surface area contributed by atoms with Crippen molar-refractivity contribution in [1.29, 1.82) is 0 Å². The van der Waals surface area contributed by atoms with Crippen molar-refractivity contribution in [3.8, 4) is 5.75 Å². The number of fused-ring (bicyclic) bond motifs is 2. The third-order valence-corrected chi connectivity index (χ3v) is 5.99. The lowest BCUT2D eigenvalue weighted by Crippen LogP contribution is -2.32. The number of aromatic nitrogens is 2. The van der Waals surface area contributed by atoms with Crippen molar-refractivity contribution in [3.63, 3.8) is 0 Å². The zero-order valence-electron chi connectivity index (χ0n) is 19.8. The van der Waals surface area contributed by atoms with Crippen LogP contribution in [0.3, 0.4) is 0 Å². The van der Waals surface area contributed by atoms with Gasteiger partial charge >= 0.3 is 0 Å². The summed E-state index contributed by atoms with van der Waals surface area (Å²) in [6.07, 6.45) is 1.03. The number of nitrogens with two attached hydrogens (primary N) is 1. The van der Waals surface area contributed by atoms with Crippen LogP contribution in [0.4, 0.5) is 4.39 Å². The molecule has 9 nitrogen and oxygen atoms in total. The first-order valence-electron chi connectivity index (χ1n) is 11.6. The molecule has 10 heteroatoms. The van der Waals surface area contributed by atoms with Gasteiger partial charge in [0.25, 0.3) is 11.8 Å². The monoisotopic (exact) mass is 480 g/mol. The van der Waals surface area contributed by atoms with Crippen LogP contribution >= 0.6 is 0 Å². The molecule has 1 aromatic heterocycles. The number of ether oxygens (including phenoxy) is 1. The molecule has 2 heterocycles. The summed E-state index contributed by atoms with van der Waals surface area (Å²) in [7, 11) is 1.88. The summed E-state index contributed by atoms with van der Waals surface area (Å²) in [5, 5.41) is 5.82. The molecule has 4 N–H and O–H groups in total. The molecule has 2 aromatic carbocycles. The number of halogens is 1. The second kappa shape index (κ2) is 10.5. The van der Waals surface area contributed by atoms with Gasteiger partial charge in [0.05, 0.1) is 29.3 Å². The molecule has 1 aliphatic rings. The van der Waals surface area contributed by atoms with Gasteiger partial charge in [-0.3, -0.25) is 14.6 Å². The summed E-state index contributed by atoms with van der Waals surface area (Å²) < 4.78 is 20.3. The van der Waals surface area contributed by atoms with Crippen molar-refractivity contribution in [1.82, 2.24) is 20.2 Å². The van der Waals surface area contributed by atoms with Crippen molar-refractivity contribution in [3.05, 3.63) is 58.9 Å². The van der Waals surface area contributed by atoms with E-state index in [2.05, 4.69) is 15.6 Å². The van der Waals surface area contributed by atoms with Crippen LogP contribution in [0.2, 0.25) is 0 Å². The van der Waals surface area contributed by atoms with Gasteiger partial charge in [0.1, 0.15) is 29.6 Å². The molecule has 35 heavy (non-hydrogen) atoms. The molecule has 2 amide bonds. The highest BCUT2D eigenvalue weighted by Crippen LogP contribution is 2.29. The van der Waals surface area contributed by atoms with E-state index in [-0.39, 0.29) is 17.6 Å². The number of aryl methyl sites for hydroxylation is 1. The number of nitrogens with zero attached hydrogens (tertiary/aromatic N) is 3. The fraction of sp³-hybridized carbons (Fsp3) is 0.360. The minimum Gasteiger partial charge on any atom is -0.492 e. The third kappa shape index (κ3) is 4.96. The van der Waals surface area contributed by atoms with Crippen LogP contribution in [-0.4, -0.2) is 47.0 Å². The highest BCUT2D eigenvalue weighted by molar-refractivity contribution is 6.09. The highest BCUT2D eigenvalue weighted by atomic mass is 19.1. The molecular weight excluding hydrogens is 451 g/mol. The number of imidazole rings is 1. The molecular formula is C25H29FN6O3. The number of para-hydroxylation sites is 1. The highest BCUT2D eigenvalue weighted by Gasteiger charge is 2.28. The zero-order chi connectivity index (χ0) is 24.9. The van der Waals surface area contributed by atoms with Crippen LogP contribution in [0, 0.1) is 0 Å². The second-order valence-corrected chi connectivity index (χ2v) is 8.28. The molecule has 4 rings (SSSR count). The molecule has 0 radical (unpaired) electrons. The first-order chi connectivity index (χ1) is 16.9. The van der Waals surface area contributed by atoms with Gasteiger partial charge < -0.3 is 25.7 Å². The minimum atomic E-state index is -0.799. The van der Waals surface area contributed by atoms with Crippen molar-refractivity contribution in [2.24, 2.45) is 17.8 Å². The molecule has 0 bridgehead atoms. The largest absolute Gasteiger partial charge is 0.492 e. The van der Waals surface area contributed by atoms with Crippen molar-refractivity contribution < 1.29 is 18.7 Å². The molecule has 0 spiro atoms. The summed E-state index contributed by atoms with van der Waals surface area (Å²) in [6, 6.07) is 10.4. The van der Waals surface area contributed by atoms with Gasteiger partial charge in [-0.2, -0.15) is 0 Å². The van der Waals surface area contributed by atoms with Crippen LogP contribution in [0.25, 0.3) is 11.0 Å². The number of amides is 2. The SMILES string of the molecule is CCOc1cccc2c1nc(C(CCCN=C(N)CF)NC(=O)c1cccc3c1C(=O)NC3)n2C. The van der Waals surface area contributed by atoms with Crippen LogP contribution in [0.1, 0.15) is 57.9 Å². The van der Waals surface area contributed by atoms with Crippen LogP contribution in [-0.2, 0) is 13.6 Å². The Morgan fingerprint density at radius 3 is 2.91 bits per heavy atom. The Kier molecular flexibility index (Phi) is 7.28. The normalized spacial score (nSPS) is 14.0. The Labute approximate surface area is 202 Å². The maximum atomic E-state index is 13.4. The number of rotatable bonds is 10. The Balaban J connectivity index is 1.67. The maximum absolute atomic E-state index is 13.4. The van der Waals surface area contributed by atoms with E-state index in [1.165, 1.54) is 0 Å². The predicted octanol–water partition coefficient (Wildman–Crippen LogP) is 2.79. The average molecular weight is 481 g/mol. The quantitative estimate of drug-likeness (QED) is 0.234. The number of carbonyl (C=O) groups excluding carboxylic acids is 2. The maximum Gasteiger partial charge on any atom is 0.252 e. The standard InChI is InChI=1S/C25H29FN6O3/c1-3-35-19-11-5-10-18-22(19)31-23(32(18)2)17(9-6-12-28-20(27)13-26)30-24(33)16-8-4-7-15-14-29-25(34)21(15)16/h4-5,7-8,10-11,17H,3,6,9,12-14H2,1-2H3,(H2,27,28)(H,29,34)(H,30,33). The molecule has 0 saturated carbocycles.